The average molecular weight is 338 g/mol. The molecule has 0 radical (unpaired) electrons. The van der Waals surface area contributed by atoms with Crippen molar-refractivity contribution < 1.29 is 14.4 Å². The molecule has 0 aromatic heterocycles. The van der Waals surface area contributed by atoms with E-state index in [1.165, 1.54) is 12.1 Å². The van der Waals surface area contributed by atoms with Crippen LogP contribution in [0.4, 0.5) is 17.1 Å². The summed E-state index contributed by atoms with van der Waals surface area (Å²) in [5, 5.41) is 5.71. The van der Waals surface area contributed by atoms with Crippen LogP contribution in [0.1, 0.15) is 38.3 Å². The Balaban J connectivity index is 1.99. The second-order valence-corrected chi connectivity index (χ2v) is 5.73. The fourth-order valence-corrected chi connectivity index (χ4v) is 2.99. The van der Waals surface area contributed by atoms with Gasteiger partial charge in [0, 0.05) is 35.7 Å². The molecule has 1 aliphatic rings. The average Bonchev–Trinajstić information content (AvgIpc) is 2.61. The summed E-state index contributed by atoms with van der Waals surface area (Å²) in [7, 11) is 0. The van der Waals surface area contributed by atoms with Gasteiger partial charge < -0.3 is 22.1 Å². The Morgan fingerprint density at radius 3 is 2.24 bits per heavy atom. The summed E-state index contributed by atoms with van der Waals surface area (Å²) in [5.41, 5.74) is 13.8. The number of hydrogen-bond acceptors (Lipinski definition) is 6. The minimum Gasteiger partial charge on any atom is -0.398 e. The molecule has 1 aliphatic carbocycles. The lowest BCUT2D eigenvalue weighted by atomic mass is 9.81. The molecule has 0 heterocycles. The number of benzene rings is 2. The van der Waals surface area contributed by atoms with E-state index < -0.39 is 0 Å². The maximum atomic E-state index is 13.0. The van der Waals surface area contributed by atoms with Crippen LogP contribution in [0.15, 0.2) is 30.3 Å². The first-order chi connectivity index (χ1) is 12.1. The van der Waals surface area contributed by atoms with Crippen LogP contribution in [0.5, 0.6) is 0 Å². The van der Waals surface area contributed by atoms with Crippen molar-refractivity contribution in [3.63, 3.8) is 0 Å². The maximum Gasteiger partial charge on any atom is 0.207 e. The van der Waals surface area contributed by atoms with Gasteiger partial charge in [-0.2, -0.15) is 0 Å². The van der Waals surface area contributed by atoms with Crippen LogP contribution in [0.2, 0.25) is 0 Å². The number of amides is 1. The first-order valence-electron chi connectivity index (χ1n) is 7.87. The molecule has 0 bridgehead atoms. The van der Waals surface area contributed by atoms with Gasteiger partial charge in [0.1, 0.15) is 0 Å². The Labute approximate surface area is 144 Å². The number of carbonyl (C=O) groups excluding carboxylic acids is 3. The molecular weight excluding hydrogens is 320 g/mol. The van der Waals surface area contributed by atoms with Gasteiger partial charge in [0.05, 0.1) is 16.7 Å². The van der Waals surface area contributed by atoms with Crippen molar-refractivity contribution in [1.82, 2.24) is 5.32 Å². The summed E-state index contributed by atoms with van der Waals surface area (Å²) in [6.45, 7) is 1.06. The molecule has 0 fully saturated rings. The quantitative estimate of drug-likeness (QED) is 0.303. The first kappa shape index (κ1) is 16.5. The predicted octanol–water partition coefficient (Wildman–Crippen LogP) is 1.17. The van der Waals surface area contributed by atoms with E-state index in [0.29, 0.717) is 42.7 Å². The van der Waals surface area contributed by atoms with Gasteiger partial charge in [-0.1, -0.05) is 12.1 Å². The second-order valence-electron chi connectivity index (χ2n) is 5.73. The molecule has 6 N–H and O–H groups in total. The molecule has 0 aliphatic heterocycles. The third-order valence-corrected chi connectivity index (χ3v) is 4.16. The van der Waals surface area contributed by atoms with Crippen LogP contribution in [0.3, 0.4) is 0 Å². The first-order valence-corrected chi connectivity index (χ1v) is 7.87. The summed E-state index contributed by atoms with van der Waals surface area (Å²) >= 11 is 0. The smallest absolute Gasteiger partial charge is 0.207 e. The van der Waals surface area contributed by atoms with Gasteiger partial charge in [-0.3, -0.25) is 14.4 Å². The molecule has 2 aromatic rings. The highest BCUT2D eigenvalue weighted by Crippen LogP contribution is 2.36. The Morgan fingerprint density at radius 1 is 0.880 bits per heavy atom. The fourth-order valence-electron chi connectivity index (χ4n) is 2.99. The maximum absolute atomic E-state index is 13.0. The summed E-state index contributed by atoms with van der Waals surface area (Å²) < 4.78 is 0. The van der Waals surface area contributed by atoms with Gasteiger partial charge in [0.2, 0.25) is 6.41 Å². The fraction of sp³-hybridized carbons (Fsp3) is 0.167. The minimum atomic E-state index is -0.316. The van der Waals surface area contributed by atoms with Crippen LogP contribution < -0.4 is 22.1 Å². The molecule has 2 aromatic carbocycles. The van der Waals surface area contributed by atoms with Crippen molar-refractivity contribution in [1.29, 1.82) is 0 Å². The van der Waals surface area contributed by atoms with Crippen molar-refractivity contribution in [3.8, 4) is 0 Å². The number of nitrogens with one attached hydrogen (secondary N) is 2. The van der Waals surface area contributed by atoms with E-state index in [9.17, 15) is 14.4 Å². The van der Waals surface area contributed by atoms with E-state index in [1.54, 1.807) is 18.2 Å². The Hall–Kier alpha value is -3.35. The topological polar surface area (TPSA) is 127 Å². The summed E-state index contributed by atoms with van der Waals surface area (Å²) in [4.78, 5) is 36.1. The largest absolute Gasteiger partial charge is 0.398 e. The standard InChI is InChI=1S/C18H18N4O3/c19-11-5-6-12(20)16-15(11)17(24)10-3-1-4-13(14(10)18(16)25)22-8-2-7-21-9-23/h1,3-6,9,22H,2,7-8,19-20H2,(H,21,23). The molecule has 7 heteroatoms. The number of ketones is 2. The van der Waals surface area contributed by atoms with Crippen molar-refractivity contribution >= 4 is 35.0 Å². The van der Waals surface area contributed by atoms with Crippen molar-refractivity contribution in [2.45, 2.75) is 6.42 Å². The van der Waals surface area contributed by atoms with Crippen molar-refractivity contribution in [3.05, 3.63) is 52.6 Å². The minimum absolute atomic E-state index is 0.161. The molecular formula is C18H18N4O3. The number of anilines is 3. The third-order valence-electron chi connectivity index (χ3n) is 4.16. The van der Waals surface area contributed by atoms with Crippen molar-refractivity contribution in [2.75, 3.05) is 29.9 Å². The predicted molar refractivity (Wildman–Crippen MR) is 95.7 cm³/mol. The zero-order valence-electron chi connectivity index (χ0n) is 13.5. The number of carbonyl (C=O) groups is 3. The SMILES string of the molecule is Nc1ccc(N)c2c1C(=O)c1cccc(NCCCNC=O)c1C2=O. The Morgan fingerprint density at radius 2 is 1.56 bits per heavy atom. The Kier molecular flexibility index (Phi) is 4.38. The van der Waals surface area contributed by atoms with Gasteiger partial charge in [0.15, 0.2) is 11.6 Å². The summed E-state index contributed by atoms with van der Waals surface area (Å²) in [6.07, 6.45) is 1.31. The number of fused-ring (bicyclic) bond motifs is 2. The molecule has 1 amide bonds. The number of rotatable bonds is 6. The zero-order chi connectivity index (χ0) is 18.0. The third kappa shape index (κ3) is 2.80. The Bertz CT molecular complexity index is 877. The lowest BCUT2D eigenvalue weighted by Crippen LogP contribution is -2.25. The molecule has 0 saturated heterocycles. The molecule has 0 spiro atoms. The lowest BCUT2D eigenvalue weighted by Gasteiger charge is -2.23. The van der Waals surface area contributed by atoms with Gasteiger partial charge in [-0.05, 0) is 24.6 Å². The van der Waals surface area contributed by atoms with E-state index >= 15 is 0 Å². The van der Waals surface area contributed by atoms with Gasteiger partial charge in [-0.25, -0.2) is 0 Å². The van der Waals surface area contributed by atoms with E-state index in [0.717, 1.165) is 0 Å². The highest BCUT2D eigenvalue weighted by molar-refractivity contribution is 6.33. The summed E-state index contributed by atoms with van der Waals surface area (Å²) in [5.74, 6) is -0.621. The van der Waals surface area contributed by atoms with Crippen molar-refractivity contribution in [2.24, 2.45) is 0 Å². The van der Waals surface area contributed by atoms with E-state index in [-0.39, 0.29) is 34.1 Å². The van der Waals surface area contributed by atoms with Crippen LogP contribution in [0, 0.1) is 0 Å². The molecule has 0 unspecified atom stereocenters. The number of nitrogens with two attached hydrogens (primary N) is 2. The lowest BCUT2D eigenvalue weighted by molar-refractivity contribution is -0.109. The number of nitrogen functional groups attached to an aromatic ring is 2. The van der Waals surface area contributed by atoms with E-state index in [2.05, 4.69) is 10.6 Å². The molecule has 7 nitrogen and oxygen atoms in total. The molecule has 0 saturated carbocycles. The van der Waals surface area contributed by atoms with E-state index in [1.807, 2.05) is 0 Å². The number of hydrogen-bond donors (Lipinski definition) is 4. The van der Waals surface area contributed by atoms with Crippen LogP contribution >= 0.6 is 0 Å². The molecule has 25 heavy (non-hydrogen) atoms. The normalized spacial score (nSPS) is 12.3. The highest BCUT2D eigenvalue weighted by atomic mass is 16.1. The molecule has 0 atom stereocenters. The second kappa shape index (κ2) is 6.64. The van der Waals surface area contributed by atoms with Crippen LogP contribution in [-0.4, -0.2) is 31.1 Å². The summed E-state index contributed by atoms with van der Waals surface area (Å²) in [6, 6.07) is 8.13. The van der Waals surface area contributed by atoms with Crippen LogP contribution in [0.25, 0.3) is 0 Å². The van der Waals surface area contributed by atoms with Gasteiger partial charge >= 0.3 is 0 Å². The van der Waals surface area contributed by atoms with Gasteiger partial charge in [0.25, 0.3) is 0 Å². The van der Waals surface area contributed by atoms with Gasteiger partial charge in [-0.15, -0.1) is 0 Å². The van der Waals surface area contributed by atoms with Crippen LogP contribution in [-0.2, 0) is 4.79 Å². The monoisotopic (exact) mass is 338 g/mol. The zero-order valence-corrected chi connectivity index (χ0v) is 13.5. The highest BCUT2D eigenvalue weighted by Gasteiger charge is 2.34. The molecule has 3 rings (SSSR count). The van der Waals surface area contributed by atoms with E-state index in [4.69, 9.17) is 11.5 Å². The molecule has 128 valence electrons.